The van der Waals surface area contributed by atoms with Gasteiger partial charge in [0.2, 0.25) is 5.91 Å². The quantitative estimate of drug-likeness (QED) is 0.557. The van der Waals surface area contributed by atoms with Crippen molar-refractivity contribution < 1.29 is 26.7 Å². The number of benzene rings is 3. The van der Waals surface area contributed by atoms with E-state index in [4.69, 9.17) is 16.3 Å². The van der Waals surface area contributed by atoms with Crippen LogP contribution in [0.4, 0.5) is 20.2 Å². The Bertz CT molecular complexity index is 1190. The smallest absolute Gasteiger partial charge is 0.264 e. The van der Waals surface area contributed by atoms with Crippen LogP contribution >= 0.6 is 11.6 Å². The van der Waals surface area contributed by atoms with Crippen LogP contribution in [0.2, 0.25) is 5.02 Å². The number of ether oxygens (including phenoxy) is 1. The predicted octanol–water partition coefficient (Wildman–Crippen LogP) is 4.46. The summed E-state index contributed by atoms with van der Waals surface area (Å²) in [5.74, 6) is -2.82. The summed E-state index contributed by atoms with van der Waals surface area (Å²) in [5.41, 5.74) is -0.689. The molecule has 3 aromatic carbocycles. The molecular formula is C21H17ClF2N2O4S. The van der Waals surface area contributed by atoms with E-state index in [1.54, 1.807) is 6.07 Å². The van der Waals surface area contributed by atoms with Gasteiger partial charge in [-0.3, -0.25) is 9.10 Å². The molecule has 0 atom stereocenters. The second-order valence-electron chi connectivity index (χ2n) is 6.29. The average Bonchev–Trinajstić information content (AvgIpc) is 2.75. The molecule has 10 heteroatoms. The average molecular weight is 467 g/mol. The van der Waals surface area contributed by atoms with Crippen molar-refractivity contribution in [3.63, 3.8) is 0 Å². The second kappa shape index (κ2) is 9.32. The van der Waals surface area contributed by atoms with Crippen LogP contribution in [0.15, 0.2) is 71.6 Å². The Morgan fingerprint density at radius 2 is 1.68 bits per heavy atom. The fourth-order valence-electron chi connectivity index (χ4n) is 2.80. The molecule has 0 heterocycles. The van der Waals surface area contributed by atoms with Gasteiger partial charge in [-0.15, -0.1) is 0 Å². The maximum atomic E-state index is 13.9. The molecule has 1 N–H and O–H groups in total. The first-order chi connectivity index (χ1) is 14.7. The molecule has 0 aliphatic heterocycles. The Balaban J connectivity index is 2.05. The maximum Gasteiger partial charge on any atom is 0.264 e. The van der Waals surface area contributed by atoms with E-state index in [2.05, 4.69) is 5.32 Å². The van der Waals surface area contributed by atoms with Gasteiger partial charge in [0.25, 0.3) is 10.0 Å². The Kier molecular flexibility index (Phi) is 6.77. The van der Waals surface area contributed by atoms with E-state index in [-0.39, 0.29) is 21.4 Å². The van der Waals surface area contributed by atoms with Gasteiger partial charge in [0.15, 0.2) is 0 Å². The first-order valence-electron chi connectivity index (χ1n) is 8.89. The summed E-state index contributed by atoms with van der Waals surface area (Å²) in [6.07, 6.45) is 0. The standard InChI is InChI=1S/C21H17ClF2N2O4S/c1-30-19-11-10-14(22)12-18(19)26(31(28,29)15-6-3-2-4-7-15)13-20(27)25-21-16(23)8-5-9-17(21)24/h2-12H,13H2,1H3,(H,25,27). The molecule has 0 saturated heterocycles. The van der Waals surface area contributed by atoms with Crippen molar-refractivity contribution in [2.24, 2.45) is 0 Å². The fraction of sp³-hybridized carbons (Fsp3) is 0.0952. The van der Waals surface area contributed by atoms with Crippen molar-refractivity contribution in [3.05, 3.63) is 83.4 Å². The van der Waals surface area contributed by atoms with Crippen LogP contribution in [-0.2, 0) is 14.8 Å². The third-order valence-corrected chi connectivity index (χ3v) is 6.26. The van der Waals surface area contributed by atoms with Crippen molar-refractivity contribution in [1.82, 2.24) is 0 Å². The first-order valence-corrected chi connectivity index (χ1v) is 10.7. The molecule has 0 unspecified atom stereocenters. The number of carbonyl (C=O) groups is 1. The molecule has 0 saturated carbocycles. The van der Waals surface area contributed by atoms with Crippen molar-refractivity contribution in [3.8, 4) is 5.75 Å². The number of methoxy groups -OCH3 is 1. The number of rotatable bonds is 7. The zero-order chi connectivity index (χ0) is 22.6. The van der Waals surface area contributed by atoms with E-state index < -0.39 is 39.8 Å². The van der Waals surface area contributed by atoms with Crippen LogP contribution < -0.4 is 14.4 Å². The number of sulfonamides is 1. The van der Waals surface area contributed by atoms with Gasteiger partial charge in [-0.1, -0.05) is 35.9 Å². The predicted molar refractivity (Wildman–Crippen MR) is 114 cm³/mol. The van der Waals surface area contributed by atoms with Gasteiger partial charge in [-0.25, -0.2) is 17.2 Å². The van der Waals surface area contributed by atoms with E-state index in [0.29, 0.717) is 0 Å². The van der Waals surface area contributed by atoms with Crippen LogP contribution in [0.1, 0.15) is 0 Å². The number of hydrogen-bond acceptors (Lipinski definition) is 4. The summed E-state index contributed by atoms with van der Waals surface area (Å²) in [7, 11) is -2.94. The van der Waals surface area contributed by atoms with Crippen LogP contribution in [-0.4, -0.2) is 28.0 Å². The van der Waals surface area contributed by atoms with Gasteiger partial charge in [-0.2, -0.15) is 0 Å². The Labute approximate surface area is 183 Å². The van der Waals surface area contributed by atoms with Gasteiger partial charge < -0.3 is 10.1 Å². The molecule has 1 amide bonds. The molecule has 0 spiro atoms. The summed E-state index contributed by atoms with van der Waals surface area (Å²) in [5, 5.41) is 2.28. The molecule has 31 heavy (non-hydrogen) atoms. The number of nitrogens with one attached hydrogen (secondary N) is 1. The minimum absolute atomic E-state index is 0.0111. The molecule has 0 fully saturated rings. The highest BCUT2D eigenvalue weighted by atomic mass is 35.5. The number of carbonyl (C=O) groups excluding carboxylic acids is 1. The van der Waals surface area contributed by atoms with Gasteiger partial charge in [0.1, 0.15) is 29.6 Å². The summed E-state index contributed by atoms with van der Waals surface area (Å²) in [6.45, 7) is -0.790. The number of amides is 1. The molecule has 3 rings (SSSR count). The first kappa shape index (κ1) is 22.5. The fourth-order valence-corrected chi connectivity index (χ4v) is 4.41. The Morgan fingerprint density at radius 1 is 1.03 bits per heavy atom. The summed E-state index contributed by atoms with van der Waals surface area (Å²) in [4.78, 5) is 12.5. The zero-order valence-electron chi connectivity index (χ0n) is 16.2. The number of anilines is 2. The lowest BCUT2D eigenvalue weighted by Gasteiger charge is -2.26. The zero-order valence-corrected chi connectivity index (χ0v) is 17.8. The maximum absolute atomic E-state index is 13.9. The summed E-state index contributed by atoms with van der Waals surface area (Å²) >= 11 is 6.05. The highest BCUT2D eigenvalue weighted by Crippen LogP contribution is 2.35. The molecular weight excluding hydrogens is 450 g/mol. The minimum atomic E-state index is -4.26. The molecule has 0 aromatic heterocycles. The highest BCUT2D eigenvalue weighted by Gasteiger charge is 2.30. The summed E-state index contributed by atoms with van der Waals surface area (Å²) < 4.78 is 60.5. The largest absolute Gasteiger partial charge is 0.495 e. The molecule has 6 nitrogen and oxygen atoms in total. The molecule has 0 radical (unpaired) electrons. The topological polar surface area (TPSA) is 75.7 Å². The summed E-state index contributed by atoms with van der Waals surface area (Å²) in [6, 6.07) is 14.7. The van der Waals surface area contributed by atoms with Crippen LogP contribution in [0.25, 0.3) is 0 Å². The lowest BCUT2D eigenvalue weighted by atomic mass is 10.2. The van der Waals surface area contributed by atoms with E-state index in [9.17, 15) is 22.0 Å². The Morgan fingerprint density at radius 3 is 2.29 bits per heavy atom. The molecule has 162 valence electrons. The van der Waals surface area contributed by atoms with Crippen LogP contribution in [0.5, 0.6) is 5.75 Å². The van der Waals surface area contributed by atoms with Gasteiger partial charge >= 0.3 is 0 Å². The van der Waals surface area contributed by atoms with Gasteiger partial charge in [0.05, 0.1) is 17.7 Å². The number of halogens is 3. The van der Waals surface area contributed by atoms with Crippen LogP contribution in [0.3, 0.4) is 0 Å². The lowest BCUT2D eigenvalue weighted by Crippen LogP contribution is -2.38. The third kappa shape index (κ3) is 4.95. The second-order valence-corrected chi connectivity index (χ2v) is 8.58. The molecule has 0 aliphatic carbocycles. The number of nitrogens with zero attached hydrogens (tertiary/aromatic N) is 1. The van der Waals surface area contributed by atoms with E-state index in [1.165, 1.54) is 49.6 Å². The van der Waals surface area contributed by atoms with Crippen LogP contribution in [0, 0.1) is 11.6 Å². The Hall–Kier alpha value is -3.17. The SMILES string of the molecule is COc1ccc(Cl)cc1N(CC(=O)Nc1c(F)cccc1F)S(=O)(=O)c1ccccc1. The van der Waals surface area contributed by atoms with E-state index >= 15 is 0 Å². The van der Waals surface area contributed by atoms with Gasteiger partial charge in [0, 0.05) is 5.02 Å². The number of hydrogen-bond donors (Lipinski definition) is 1. The minimum Gasteiger partial charge on any atom is -0.495 e. The molecule has 0 aliphatic rings. The molecule has 3 aromatic rings. The van der Waals surface area contributed by atoms with Crippen molar-refractivity contribution in [2.75, 3.05) is 23.3 Å². The third-order valence-electron chi connectivity index (χ3n) is 4.26. The highest BCUT2D eigenvalue weighted by molar-refractivity contribution is 7.92. The number of para-hydroxylation sites is 1. The van der Waals surface area contributed by atoms with Crippen molar-refractivity contribution in [2.45, 2.75) is 4.90 Å². The van der Waals surface area contributed by atoms with Gasteiger partial charge in [-0.05, 0) is 42.5 Å². The van der Waals surface area contributed by atoms with E-state index in [0.717, 1.165) is 22.5 Å². The monoisotopic (exact) mass is 466 g/mol. The lowest BCUT2D eigenvalue weighted by molar-refractivity contribution is -0.114. The van der Waals surface area contributed by atoms with Crippen molar-refractivity contribution >= 4 is 38.9 Å². The van der Waals surface area contributed by atoms with E-state index in [1.807, 2.05) is 0 Å². The normalized spacial score (nSPS) is 11.1. The molecule has 0 bridgehead atoms. The van der Waals surface area contributed by atoms with Crippen molar-refractivity contribution in [1.29, 1.82) is 0 Å².